The van der Waals surface area contributed by atoms with Crippen LogP contribution in [0, 0.1) is 15.0 Å². The molecular formula is C6H5N7O4. The van der Waals surface area contributed by atoms with Crippen molar-refractivity contribution in [1.82, 2.24) is 19.3 Å². The zero-order valence-corrected chi connectivity index (χ0v) is 8.39. The molecule has 0 amide bonds. The molecule has 88 valence electrons. The van der Waals surface area contributed by atoms with Gasteiger partial charge < -0.3 is 5.32 Å². The van der Waals surface area contributed by atoms with Crippen molar-refractivity contribution in [3.05, 3.63) is 31.7 Å². The van der Waals surface area contributed by atoms with E-state index in [4.69, 9.17) is 0 Å². The third kappa shape index (κ3) is 1.40. The van der Waals surface area contributed by atoms with Gasteiger partial charge in [-0.05, 0) is 4.68 Å². The largest absolute Gasteiger partial charge is 0.357 e. The highest BCUT2D eigenvalue weighted by atomic mass is 16.7. The first-order chi connectivity index (χ1) is 8.10. The summed E-state index contributed by atoms with van der Waals surface area (Å²) in [6.45, 7) is 0. The van der Waals surface area contributed by atoms with E-state index in [1.165, 1.54) is 7.05 Å². The van der Waals surface area contributed by atoms with E-state index in [1.807, 2.05) is 0 Å². The average molecular weight is 239 g/mol. The van der Waals surface area contributed by atoms with Crippen LogP contribution in [0.1, 0.15) is 0 Å². The van der Waals surface area contributed by atoms with Crippen LogP contribution in [-0.4, -0.2) is 31.4 Å². The summed E-state index contributed by atoms with van der Waals surface area (Å²) in [5.41, 5.74) is -1.53. The maximum atomic E-state index is 11.5. The number of nitroso groups, excluding NO2 is 1. The highest BCUT2D eigenvalue weighted by Crippen LogP contribution is 2.12. The molecule has 0 aromatic carbocycles. The fraction of sp³-hybridized carbons (Fsp3) is 0.167. The molecule has 0 fully saturated rings. The predicted molar refractivity (Wildman–Crippen MR) is 54.9 cm³/mol. The van der Waals surface area contributed by atoms with Crippen LogP contribution in [0.2, 0.25) is 0 Å². The highest BCUT2D eigenvalue weighted by molar-refractivity contribution is 5.71. The quantitative estimate of drug-likeness (QED) is 0.420. The molecule has 0 spiro atoms. The van der Waals surface area contributed by atoms with Gasteiger partial charge in [0.2, 0.25) is 11.5 Å². The number of fused-ring (bicyclic) bond motifs is 1. The van der Waals surface area contributed by atoms with Gasteiger partial charge in [0.1, 0.15) is 0 Å². The van der Waals surface area contributed by atoms with Crippen molar-refractivity contribution in [2.24, 2.45) is 5.29 Å². The van der Waals surface area contributed by atoms with Crippen LogP contribution in [0.25, 0.3) is 11.2 Å². The van der Waals surface area contributed by atoms with Gasteiger partial charge in [0.15, 0.2) is 17.0 Å². The van der Waals surface area contributed by atoms with E-state index in [1.54, 1.807) is 0 Å². The normalized spacial score (nSPS) is 10.4. The molecule has 0 aliphatic heterocycles. The van der Waals surface area contributed by atoms with Crippen LogP contribution >= 0.6 is 0 Å². The topological polar surface area (TPSA) is 137 Å². The van der Waals surface area contributed by atoms with E-state index >= 15 is 0 Å². The molecule has 0 radical (unpaired) electrons. The second-order valence-electron chi connectivity index (χ2n) is 2.88. The Labute approximate surface area is 91.8 Å². The average Bonchev–Trinajstić information content (AvgIpc) is 2.73. The van der Waals surface area contributed by atoms with Crippen LogP contribution in [0.15, 0.2) is 16.4 Å². The summed E-state index contributed by atoms with van der Waals surface area (Å²) < 4.78 is 1.04. The lowest BCUT2D eigenvalue weighted by atomic mass is 10.5. The molecule has 2 heterocycles. The van der Waals surface area contributed by atoms with Crippen molar-refractivity contribution in [3.8, 4) is 0 Å². The molecule has 2 aromatic heterocycles. The van der Waals surface area contributed by atoms with Crippen LogP contribution in [-0.2, 0) is 0 Å². The van der Waals surface area contributed by atoms with Crippen LogP contribution in [0.3, 0.4) is 0 Å². The van der Waals surface area contributed by atoms with Gasteiger partial charge in [-0.3, -0.25) is 4.79 Å². The summed E-state index contributed by atoms with van der Waals surface area (Å²) >= 11 is 0. The number of nitrogens with one attached hydrogen (secondary N) is 1. The van der Waals surface area contributed by atoms with Gasteiger partial charge in [-0.15, -0.1) is 9.58 Å². The van der Waals surface area contributed by atoms with E-state index in [-0.39, 0.29) is 11.6 Å². The zero-order chi connectivity index (χ0) is 12.6. The number of rotatable bonds is 3. The first-order valence-corrected chi connectivity index (χ1v) is 4.26. The van der Waals surface area contributed by atoms with Crippen LogP contribution < -0.4 is 10.9 Å². The Kier molecular flexibility index (Phi) is 2.27. The van der Waals surface area contributed by atoms with E-state index in [0.29, 0.717) is 9.35 Å². The number of imidazole rings is 1. The molecule has 0 bridgehead atoms. The molecule has 11 heteroatoms. The van der Waals surface area contributed by atoms with E-state index in [2.05, 4.69) is 20.6 Å². The monoisotopic (exact) mass is 239 g/mol. The van der Waals surface area contributed by atoms with Gasteiger partial charge in [0, 0.05) is 7.05 Å². The minimum Gasteiger partial charge on any atom is -0.357 e. The minimum absolute atomic E-state index is 0.147. The SMILES string of the molecule is CNc1nc(=O)c2c(ncn2[N+](=O)[O-])n1N=O. The molecule has 0 aliphatic rings. The Morgan fingerprint density at radius 1 is 1.59 bits per heavy atom. The van der Waals surface area contributed by atoms with Crippen molar-refractivity contribution >= 4 is 17.1 Å². The van der Waals surface area contributed by atoms with Crippen molar-refractivity contribution in [2.45, 2.75) is 0 Å². The maximum Gasteiger partial charge on any atom is 0.307 e. The third-order valence-electron chi connectivity index (χ3n) is 2.02. The molecule has 0 saturated heterocycles. The van der Waals surface area contributed by atoms with E-state index in [9.17, 15) is 19.8 Å². The van der Waals surface area contributed by atoms with Crippen LogP contribution in [0.4, 0.5) is 5.95 Å². The van der Waals surface area contributed by atoms with Gasteiger partial charge in [0.25, 0.3) is 0 Å². The number of aromatic nitrogens is 4. The summed E-state index contributed by atoms with van der Waals surface area (Å²) in [5, 5.41) is 14.8. The van der Waals surface area contributed by atoms with E-state index in [0.717, 1.165) is 6.33 Å². The second kappa shape index (κ2) is 3.62. The van der Waals surface area contributed by atoms with Gasteiger partial charge in [0.05, 0.1) is 5.29 Å². The van der Waals surface area contributed by atoms with Gasteiger partial charge in [-0.25, -0.2) is 15.1 Å². The first-order valence-electron chi connectivity index (χ1n) is 4.26. The Morgan fingerprint density at radius 2 is 2.29 bits per heavy atom. The Balaban J connectivity index is 2.96. The Hall–Kier alpha value is -2.85. The molecule has 0 atom stereocenters. The number of nitrogens with zero attached hydrogens (tertiary/aromatic N) is 6. The number of nitro groups is 1. The summed E-state index contributed by atoms with van der Waals surface area (Å²) in [4.78, 5) is 39.8. The fourth-order valence-corrected chi connectivity index (χ4v) is 1.34. The minimum atomic E-state index is -0.876. The molecule has 1 N–H and O–H groups in total. The molecule has 11 nitrogen and oxygen atoms in total. The van der Waals surface area contributed by atoms with Crippen molar-refractivity contribution in [1.29, 1.82) is 0 Å². The first kappa shape index (κ1) is 10.7. The Morgan fingerprint density at radius 3 is 2.82 bits per heavy atom. The van der Waals surface area contributed by atoms with Gasteiger partial charge >= 0.3 is 5.56 Å². The number of hydrogen-bond donors (Lipinski definition) is 1. The summed E-state index contributed by atoms with van der Waals surface area (Å²) in [7, 11) is 1.42. The lowest BCUT2D eigenvalue weighted by Gasteiger charge is -2.02. The smallest absolute Gasteiger partial charge is 0.307 e. The molecule has 0 aliphatic carbocycles. The molecule has 2 rings (SSSR count). The van der Waals surface area contributed by atoms with Crippen molar-refractivity contribution < 1.29 is 5.03 Å². The molecular weight excluding hydrogens is 234 g/mol. The molecule has 2 aromatic rings. The van der Waals surface area contributed by atoms with Gasteiger partial charge in [-0.1, -0.05) is 0 Å². The predicted octanol–water partition coefficient (Wildman–Crippen LogP) is -0.796. The van der Waals surface area contributed by atoms with E-state index < -0.39 is 16.1 Å². The van der Waals surface area contributed by atoms with Crippen molar-refractivity contribution in [3.63, 3.8) is 0 Å². The lowest BCUT2D eigenvalue weighted by Crippen LogP contribution is -2.20. The summed E-state index contributed by atoms with van der Waals surface area (Å²) in [6.07, 6.45) is 0.800. The molecule has 17 heavy (non-hydrogen) atoms. The summed E-state index contributed by atoms with van der Waals surface area (Å²) in [6, 6.07) is 0. The van der Waals surface area contributed by atoms with Crippen LogP contribution in [0.5, 0.6) is 0 Å². The van der Waals surface area contributed by atoms with Crippen molar-refractivity contribution in [2.75, 3.05) is 12.4 Å². The summed E-state index contributed by atoms with van der Waals surface area (Å²) in [5.74, 6) is -0.147. The second-order valence-corrected chi connectivity index (χ2v) is 2.88. The van der Waals surface area contributed by atoms with Gasteiger partial charge in [-0.2, -0.15) is 4.98 Å². The molecule has 0 unspecified atom stereocenters. The lowest BCUT2D eigenvalue weighted by molar-refractivity contribution is -0.538. The zero-order valence-electron chi connectivity index (χ0n) is 8.39. The maximum absolute atomic E-state index is 11.5. The number of hydrogen-bond acceptors (Lipinski definition) is 8. The standard InChI is InChI=1S/C6H5N7O4/c1-7-6-9-5(14)3-4(12(6)10-15)8-2-11(3)13(16)17/h2H,1H3,(H,7,9,14). The number of anilines is 1. The third-order valence-corrected chi connectivity index (χ3v) is 2.02. The molecule has 0 saturated carbocycles. The highest BCUT2D eigenvalue weighted by Gasteiger charge is 2.20. The Bertz CT molecular complexity index is 671. The fourth-order valence-electron chi connectivity index (χ4n) is 1.34.